The molecule has 1 atom stereocenters. The van der Waals surface area contributed by atoms with Crippen LogP contribution in [0.3, 0.4) is 0 Å². The lowest BCUT2D eigenvalue weighted by atomic mass is 9.95. The molecule has 0 aromatic heterocycles. The van der Waals surface area contributed by atoms with Crippen molar-refractivity contribution in [1.82, 2.24) is 10.2 Å². The summed E-state index contributed by atoms with van der Waals surface area (Å²) in [4.78, 5) is 25.3. The fourth-order valence-corrected chi connectivity index (χ4v) is 2.57. The van der Waals surface area contributed by atoms with E-state index in [2.05, 4.69) is 5.32 Å². The number of imide groups is 1. The van der Waals surface area contributed by atoms with Gasteiger partial charge in [-0.05, 0) is 40.2 Å². The number of ether oxygens (including phenoxy) is 1. The van der Waals surface area contributed by atoms with E-state index < -0.39 is 11.7 Å². The van der Waals surface area contributed by atoms with Crippen LogP contribution in [0.1, 0.15) is 40.0 Å². The van der Waals surface area contributed by atoms with Gasteiger partial charge >= 0.3 is 6.09 Å². The van der Waals surface area contributed by atoms with Crippen LogP contribution in [-0.4, -0.2) is 41.1 Å². The van der Waals surface area contributed by atoms with Crippen LogP contribution in [0.5, 0.6) is 0 Å². The first-order valence-electron chi connectivity index (χ1n) is 6.11. The van der Waals surface area contributed by atoms with Gasteiger partial charge in [-0.3, -0.25) is 4.79 Å². The van der Waals surface area contributed by atoms with Crippen molar-refractivity contribution in [1.29, 1.82) is 0 Å². The van der Waals surface area contributed by atoms with Crippen molar-refractivity contribution < 1.29 is 14.3 Å². The zero-order valence-corrected chi connectivity index (χ0v) is 10.7. The van der Waals surface area contributed by atoms with E-state index in [1.165, 1.54) is 4.90 Å². The van der Waals surface area contributed by atoms with Crippen LogP contribution in [0.15, 0.2) is 0 Å². The van der Waals surface area contributed by atoms with Gasteiger partial charge in [-0.1, -0.05) is 0 Å². The number of hydrogen-bond acceptors (Lipinski definition) is 4. The van der Waals surface area contributed by atoms with Crippen LogP contribution in [0.2, 0.25) is 0 Å². The van der Waals surface area contributed by atoms with Gasteiger partial charge in [0, 0.05) is 13.0 Å². The monoisotopic (exact) mass is 240 g/mol. The number of carbonyl (C=O) groups is 2. The fraction of sp³-hybridized carbons (Fsp3) is 0.833. The minimum atomic E-state index is -0.562. The maximum absolute atomic E-state index is 12.1. The normalized spacial score (nSPS) is 29.1. The molecule has 17 heavy (non-hydrogen) atoms. The predicted octanol–water partition coefficient (Wildman–Crippen LogP) is 1.28. The van der Waals surface area contributed by atoms with Gasteiger partial charge in [0.05, 0.1) is 5.54 Å². The highest BCUT2D eigenvalue weighted by atomic mass is 16.6. The summed E-state index contributed by atoms with van der Waals surface area (Å²) in [5, 5.41) is 3.22. The summed E-state index contributed by atoms with van der Waals surface area (Å²) in [5.41, 5.74) is -0.896. The van der Waals surface area contributed by atoms with E-state index in [1.54, 1.807) is 0 Å². The zero-order valence-electron chi connectivity index (χ0n) is 10.7. The topological polar surface area (TPSA) is 58.6 Å². The molecule has 0 bridgehead atoms. The van der Waals surface area contributed by atoms with Crippen LogP contribution < -0.4 is 5.32 Å². The van der Waals surface area contributed by atoms with Gasteiger partial charge in [-0.25, -0.2) is 9.69 Å². The molecule has 96 valence electrons. The van der Waals surface area contributed by atoms with E-state index in [0.717, 1.165) is 19.4 Å². The largest absolute Gasteiger partial charge is 0.443 e. The molecular formula is C12H20N2O3. The van der Waals surface area contributed by atoms with Crippen molar-refractivity contribution in [2.45, 2.75) is 51.2 Å². The van der Waals surface area contributed by atoms with E-state index in [0.29, 0.717) is 13.0 Å². The molecule has 0 aromatic carbocycles. The van der Waals surface area contributed by atoms with Crippen molar-refractivity contribution >= 4 is 12.0 Å². The molecule has 2 aliphatic rings. The molecule has 2 fully saturated rings. The highest BCUT2D eigenvalue weighted by molar-refractivity contribution is 5.95. The van der Waals surface area contributed by atoms with Crippen LogP contribution in [0.4, 0.5) is 4.79 Å². The Labute approximate surface area is 101 Å². The zero-order chi connectivity index (χ0) is 12.7. The third kappa shape index (κ3) is 2.29. The Morgan fingerprint density at radius 1 is 1.41 bits per heavy atom. The van der Waals surface area contributed by atoms with E-state index in [1.807, 2.05) is 20.8 Å². The lowest BCUT2D eigenvalue weighted by Gasteiger charge is -2.34. The average molecular weight is 240 g/mol. The first-order valence-corrected chi connectivity index (χ1v) is 6.11. The van der Waals surface area contributed by atoms with Gasteiger partial charge in [-0.2, -0.15) is 0 Å². The van der Waals surface area contributed by atoms with Crippen LogP contribution in [0, 0.1) is 0 Å². The second-order valence-electron chi connectivity index (χ2n) is 5.86. The van der Waals surface area contributed by atoms with Gasteiger partial charge in [0.25, 0.3) is 0 Å². The second kappa shape index (κ2) is 3.98. The summed E-state index contributed by atoms with van der Waals surface area (Å²) < 4.78 is 5.32. The Morgan fingerprint density at radius 2 is 2.12 bits per heavy atom. The molecule has 1 N–H and O–H groups in total. The van der Waals surface area contributed by atoms with Crippen LogP contribution in [0.25, 0.3) is 0 Å². The number of likely N-dealkylation sites (tertiary alicyclic amines) is 1. The molecule has 2 heterocycles. The molecule has 2 rings (SSSR count). The summed E-state index contributed by atoms with van der Waals surface area (Å²) >= 11 is 0. The molecular weight excluding hydrogens is 220 g/mol. The third-order valence-electron chi connectivity index (χ3n) is 3.33. The molecule has 5 heteroatoms. The first kappa shape index (κ1) is 12.4. The van der Waals surface area contributed by atoms with Crippen LogP contribution >= 0.6 is 0 Å². The van der Waals surface area contributed by atoms with E-state index in [4.69, 9.17) is 4.74 Å². The van der Waals surface area contributed by atoms with Crippen molar-refractivity contribution in [2.24, 2.45) is 0 Å². The van der Waals surface area contributed by atoms with Crippen molar-refractivity contribution in [2.75, 3.05) is 13.1 Å². The van der Waals surface area contributed by atoms with Gasteiger partial charge in [0.1, 0.15) is 5.60 Å². The molecule has 1 spiro atoms. The summed E-state index contributed by atoms with van der Waals surface area (Å²) in [6.07, 6.45) is 1.53. The van der Waals surface area contributed by atoms with Crippen molar-refractivity contribution in [3.8, 4) is 0 Å². The Balaban J connectivity index is 2.17. The number of hydrogen-bond donors (Lipinski definition) is 1. The van der Waals surface area contributed by atoms with E-state index in [9.17, 15) is 9.59 Å². The predicted molar refractivity (Wildman–Crippen MR) is 62.5 cm³/mol. The molecule has 0 aliphatic carbocycles. The number of nitrogens with zero attached hydrogens (tertiary/aromatic N) is 1. The summed E-state index contributed by atoms with van der Waals surface area (Å²) in [5.74, 6) is -0.108. The molecule has 5 nitrogen and oxygen atoms in total. The fourth-order valence-electron chi connectivity index (χ4n) is 2.57. The second-order valence-corrected chi connectivity index (χ2v) is 5.86. The number of carbonyl (C=O) groups excluding carboxylic acids is 2. The SMILES string of the molecule is CC(C)(C)OC(=O)N1C(=O)CCC12CCNC2. The maximum Gasteiger partial charge on any atom is 0.417 e. The van der Waals surface area contributed by atoms with E-state index >= 15 is 0 Å². The Bertz CT molecular complexity index is 340. The molecule has 1 unspecified atom stereocenters. The Morgan fingerprint density at radius 3 is 2.65 bits per heavy atom. The Hall–Kier alpha value is -1.10. The molecule has 0 aromatic rings. The quantitative estimate of drug-likeness (QED) is 0.693. The molecule has 0 saturated carbocycles. The van der Waals surface area contributed by atoms with Crippen molar-refractivity contribution in [3.05, 3.63) is 0 Å². The minimum Gasteiger partial charge on any atom is -0.443 e. The highest BCUT2D eigenvalue weighted by Gasteiger charge is 2.51. The first-order chi connectivity index (χ1) is 7.84. The van der Waals surface area contributed by atoms with Gasteiger partial charge < -0.3 is 10.1 Å². The molecule has 2 aliphatic heterocycles. The molecule has 2 amide bonds. The van der Waals surface area contributed by atoms with Crippen LogP contribution in [-0.2, 0) is 9.53 Å². The maximum atomic E-state index is 12.1. The highest BCUT2D eigenvalue weighted by Crippen LogP contribution is 2.36. The van der Waals surface area contributed by atoms with Gasteiger partial charge in [-0.15, -0.1) is 0 Å². The summed E-state index contributed by atoms with van der Waals surface area (Å²) in [6.45, 7) is 6.98. The smallest absolute Gasteiger partial charge is 0.417 e. The van der Waals surface area contributed by atoms with Gasteiger partial charge in [0.15, 0.2) is 0 Å². The minimum absolute atomic E-state index is 0.108. The lowest BCUT2D eigenvalue weighted by molar-refractivity contribution is -0.129. The lowest BCUT2D eigenvalue weighted by Crippen LogP contribution is -2.52. The number of amides is 2. The summed E-state index contributed by atoms with van der Waals surface area (Å²) in [6, 6.07) is 0. The molecule has 2 saturated heterocycles. The standard InChI is InChI=1S/C12H20N2O3/c1-11(2,3)17-10(16)14-9(15)4-5-12(14)6-7-13-8-12/h13H,4-8H2,1-3H3. The number of rotatable bonds is 0. The Kier molecular flexibility index (Phi) is 2.89. The van der Waals surface area contributed by atoms with Gasteiger partial charge in [0.2, 0.25) is 5.91 Å². The number of nitrogens with one attached hydrogen (secondary N) is 1. The van der Waals surface area contributed by atoms with Crippen molar-refractivity contribution in [3.63, 3.8) is 0 Å². The average Bonchev–Trinajstić information content (AvgIpc) is 2.73. The third-order valence-corrected chi connectivity index (χ3v) is 3.33. The molecule has 0 radical (unpaired) electrons. The van der Waals surface area contributed by atoms with E-state index in [-0.39, 0.29) is 11.4 Å². The summed E-state index contributed by atoms with van der Waals surface area (Å²) in [7, 11) is 0.